The first-order valence-corrected chi connectivity index (χ1v) is 6.61. The Bertz CT molecular complexity index is 949. The Morgan fingerprint density at radius 2 is 1.95 bits per heavy atom. The van der Waals surface area contributed by atoms with E-state index in [0.29, 0.717) is 5.69 Å². The molecule has 2 rings (SSSR count). The number of hydrogen-bond donors (Lipinski definition) is 0. The summed E-state index contributed by atoms with van der Waals surface area (Å²) >= 11 is 0. The summed E-state index contributed by atoms with van der Waals surface area (Å²) in [4.78, 5) is 24.5. The third-order valence-corrected chi connectivity index (χ3v) is 3.31. The summed E-state index contributed by atoms with van der Waals surface area (Å²) in [6.45, 7) is 5.40. The van der Waals surface area contributed by atoms with E-state index in [-0.39, 0.29) is 12.2 Å². The predicted octanol–water partition coefficient (Wildman–Crippen LogP) is 0.906. The minimum atomic E-state index is -0.727. The monoisotopic (exact) mass is 294 g/mol. The molecule has 1 heterocycles. The number of benzene rings is 1. The van der Waals surface area contributed by atoms with E-state index in [1.54, 1.807) is 25.1 Å². The zero-order chi connectivity index (χ0) is 16.3. The van der Waals surface area contributed by atoms with Crippen molar-refractivity contribution in [3.8, 4) is 23.6 Å². The molecule has 0 fully saturated rings. The van der Waals surface area contributed by atoms with Crippen LogP contribution in [0.5, 0.6) is 0 Å². The molecule has 6 nitrogen and oxygen atoms in total. The number of nitriles is 1. The van der Waals surface area contributed by atoms with E-state index < -0.39 is 11.2 Å². The van der Waals surface area contributed by atoms with Crippen molar-refractivity contribution < 1.29 is 0 Å². The normalized spacial score (nSPS) is 9.73. The zero-order valence-corrected chi connectivity index (χ0v) is 12.5. The molecule has 0 aliphatic rings. The number of aromatic nitrogens is 3. The molecule has 110 valence electrons. The predicted molar refractivity (Wildman–Crippen MR) is 81.7 cm³/mol. The second-order valence-electron chi connectivity index (χ2n) is 4.74. The van der Waals surface area contributed by atoms with Crippen molar-refractivity contribution in [3.63, 3.8) is 0 Å². The van der Waals surface area contributed by atoms with Crippen molar-refractivity contribution in [3.05, 3.63) is 55.9 Å². The highest BCUT2D eigenvalue weighted by Crippen LogP contribution is 2.11. The van der Waals surface area contributed by atoms with Crippen LogP contribution in [0.4, 0.5) is 0 Å². The maximum Gasteiger partial charge on any atom is 0.353 e. The van der Waals surface area contributed by atoms with E-state index in [1.165, 1.54) is 0 Å². The molecule has 1 aromatic heterocycles. The number of nitrogens with zero attached hydrogens (tertiary/aromatic N) is 4. The van der Waals surface area contributed by atoms with E-state index in [4.69, 9.17) is 5.26 Å². The average molecular weight is 294 g/mol. The molecule has 0 bridgehead atoms. The molecule has 22 heavy (non-hydrogen) atoms. The van der Waals surface area contributed by atoms with Gasteiger partial charge in [-0.3, -0.25) is 4.79 Å². The van der Waals surface area contributed by atoms with E-state index >= 15 is 0 Å². The first kappa shape index (κ1) is 15.3. The van der Waals surface area contributed by atoms with Gasteiger partial charge in [0.15, 0.2) is 0 Å². The van der Waals surface area contributed by atoms with Gasteiger partial charge in [0.2, 0.25) is 5.69 Å². The van der Waals surface area contributed by atoms with Crippen LogP contribution in [-0.2, 0) is 6.54 Å². The lowest BCUT2D eigenvalue weighted by Gasteiger charge is -2.09. The Labute approximate surface area is 127 Å². The van der Waals surface area contributed by atoms with Gasteiger partial charge >= 0.3 is 5.69 Å². The molecule has 0 aliphatic carbocycles. The highest BCUT2D eigenvalue weighted by atomic mass is 16.2. The lowest BCUT2D eigenvalue weighted by molar-refractivity contribution is 0.624. The summed E-state index contributed by atoms with van der Waals surface area (Å²) in [5.74, 6) is 5.28. The van der Waals surface area contributed by atoms with Crippen molar-refractivity contribution in [1.82, 2.24) is 14.3 Å². The second-order valence-corrected chi connectivity index (χ2v) is 4.74. The molecule has 0 N–H and O–H groups in total. The first-order chi connectivity index (χ1) is 10.5. The summed E-state index contributed by atoms with van der Waals surface area (Å²) in [5, 5.41) is 12.9. The van der Waals surface area contributed by atoms with Gasteiger partial charge in [-0.05, 0) is 44.0 Å². The SMILES string of the molecule is CC#CCn1c(=O)c(C#N)nn(-c2ccc(C)c(C)c2)c1=O. The largest absolute Gasteiger partial charge is 0.353 e. The van der Waals surface area contributed by atoms with Crippen LogP contribution in [0.15, 0.2) is 27.8 Å². The summed E-state index contributed by atoms with van der Waals surface area (Å²) in [6.07, 6.45) is 0. The minimum absolute atomic E-state index is 0.0732. The topological polar surface area (TPSA) is 80.7 Å². The molecule has 0 spiro atoms. The van der Waals surface area contributed by atoms with E-state index in [2.05, 4.69) is 16.9 Å². The van der Waals surface area contributed by atoms with Gasteiger partial charge in [0, 0.05) is 0 Å². The summed E-state index contributed by atoms with van der Waals surface area (Å²) in [5.41, 5.74) is 0.877. The lowest BCUT2D eigenvalue weighted by atomic mass is 10.1. The smallest absolute Gasteiger partial charge is 0.266 e. The molecule has 2 aromatic rings. The third-order valence-electron chi connectivity index (χ3n) is 3.31. The average Bonchev–Trinajstić information content (AvgIpc) is 2.50. The lowest BCUT2D eigenvalue weighted by Crippen LogP contribution is -2.42. The van der Waals surface area contributed by atoms with E-state index in [9.17, 15) is 9.59 Å². The summed E-state index contributed by atoms with van der Waals surface area (Å²) in [6, 6.07) is 7.08. The Morgan fingerprint density at radius 3 is 2.55 bits per heavy atom. The van der Waals surface area contributed by atoms with Crippen molar-refractivity contribution in [1.29, 1.82) is 5.26 Å². The van der Waals surface area contributed by atoms with Gasteiger partial charge in [-0.15, -0.1) is 11.0 Å². The van der Waals surface area contributed by atoms with Crippen LogP contribution in [0.1, 0.15) is 23.7 Å². The maximum atomic E-state index is 12.4. The molecule has 0 saturated heterocycles. The van der Waals surface area contributed by atoms with Crippen LogP contribution < -0.4 is 11.2 Å². The van der Waals surface area contributed by atoms with Gasteiger partial charge in [0.1, 0.15) is 6.07 Å². The van der Waals surface area contributed by atoms with Crippen molar-refractivity contribution >= 4 is 0 Å². The molecular weight excluding hydrogens is 280 g/mol. The van der Waals surface area contributed by atoms with Crippen molar-refractivity contribution in [2.75, 3.05) is 0 Å². The molecular formula is C16H14N4O2. The van der Waals surface area contributed by atoms with Gasteiger partial charge in [-0.25, -0.2) is 9.36 Å². The van der Waals surface area contributed by atoms with Crippen LogP contribution in [0, 0.1) is 37.0 Å². The molecule has 0 unspecified atom stereocenters. The summed E-state index contributed by atoms with van der Waals surface area (Å²) < 4.78 is 1.97. The second kappa shape index (κ2) is 6.11. The molecule has 0 radical (unpaired) electrons. The number of hydrogen-bond acceptors (Lipinski definition) is 4. The highest BCUT2D eigenvalue weighted by Gasteiger charge is 2.13. The maximum absolute atomic E-state index is 12.4. The van der Waals surface area contributed by atoms with Crippen LogP contribution in [0.3, 0.4) is 0 Å². The van der Waals surface area contributed by atoms with Crippen LogP contribution in [0.2, 0.25) is 0 Å². The Hall–Kier alpha value is -3.12. The van der Waals surface area contributed by atoms with Crippen LogP contribution in [0.25, 0.3) is 5.69 Å². The molecule has 1 aromatic carbocycles. The Balaban J connectivity index is 2.78. The zero-order valence-electron chi connectivity index (χ0n) is 12.5. The van der Waals surface area contributed by atoms with Crippen LogP contribution in [-0.4, -0.2) is 14.3 Å². The standard InChI is InChI=1S/C16H14N4O2/c1-4-5-8-19-15(21)14(10-17)18-20(16(19)22)13-7-6-11(2)12(3)9-13/h6-7,9H,8H2,1-3H3. The van der Waals surface area contributed by atoms with E-state index in [1.807, 2.05) is 19.9 Å². The fraction of sp³-hybridized carbons (Fsp3) is 0.250. The van der Waals surface area contributed by atoms with Gasteiger partial charge in [-0.1, -0.05) is 12.0 Å². The summed E-state index contributed by atoms with van der Waals surface area (Å²) in [7, 11) is 0. The third kappa shape index (κ3) is 2.68. The number of aryl methyl sites for hydroxylation is 2. The van der Waals surface area contributed by atoms with Crippen molar-refractivity contribution in [2.45, 2.75) is 27.3 Å². The fourth-order valence-electron chi connectivity index (χ4n) is 1.91. The van der Waals surface area contributed by atoms with Gasteiger partial charge in [-0.2, -0.15) is 9.94 Å². The minimum Gasteiger partial charge on any atom is -0.266 e. The molecule has 0 saturated carbocycles. The van der Waals surface area contributed by atoms with Gasteiger partial charge in [0.05, 0.1) is 12.2 Å². The van der Waals surface area contributed by atoms with E-state index in [0.717, 1.165) is 20.4 Å². The molecule has 0 atom stereocenters. The highest BCUT2D eigenvalue weighted by molar-refractivity contribution is 5.39. The fourth-order valence-corrected chi connectivity index (χ4v) is 1.91. The van der Waals surface area contributed by atoms with Gasteiger partial charge in [0.25, 0.3) is 5.56 Å². The molecule has 6 heteroatoms. The molecule has 0 aliphatic heterocycles. The molecule has 0 amide bonds. The van der Waals surface area contributed by atoms with Crippen LogP contribution >= 0.6 is 0 Å². The quantitative estimate of drug-likeness (QED) is 0.771. The van der Waals surface area contributed by atoms with Crippen molar-refractivity contribution in [2.24, 2.45) is 0 Å². The Morgan fingerprint density at radius 1 is 1.23 bits per heavy atom. The number of rotatable bonds is 2. The first-order valence-electron chi connectivity index (χ1n) is 6.61. The Kier molecular flexibility index (Phi) is 4.24. The van der Waals surface area contributed by atoms with Gasteiger partial charge < -0.3 is 0 Å².